The predicted molar refractivity (Wildman–Crippen MR) is 133 cm³/mol. The second-order valence-electron chi connectivity index (χ2n) is 7.62. The number of hydrogen-bond acceptors (Lipinski definition) is 8. The fourth-order valence-corrected chi connectivity index (χ4v) is 4.72. The van der Waals surface area contributed by atoms with Gasteiger partial charge in [-0.2, -0.15) is 0 Å². The Morgan fingerprint density at radius 2 is 1.76 bits per heavy atom. The van der Waals surface area contributed by atoms with E-state index in [1.165, 1.54) is 12.1 Å². The Morgan fingerprint density at radius 3 is 2.32 bits per heavy atom. The van der Waals surface area contributed by atoms with E-state index in [2.05, 4.69) is 20.1 Å². The topological polar surface area (TPSA) is 98.8 Å². The van der Waals surface area contributed by atoms with E-state index in [1.54, 1.807) is 32.0 Å². The number of aromatic nitrogens is 3. The van der Waals surface area contributed by atoms with Gasteiger partial charge in [-0.3, -0.25) is 10.1 Å². The molecule has 2 heterocycles. The maximum Gasteiger partial charge on any atom is 0.271 e. The van der Waals surface area contributed by atoms with Gasteiger partial charge in [0.05, 0.1) is 35.4 Å². The van der Waals surface area contributed by atoms with Gasteiger partial charge in [0, 0.05) is 45.4 Å². The number of anilines is 1. The summed E-state index contributed by atoms with van der Waals surface area (Å²) in [4.78, 5) is 15.3. The third-order valence-corrected chi connectivity index (χ3v) is 6.50. The van der Waals surface area contributed by atoms with Crippen LogP contribution in [0.25, 0.3) is 11.3 Å². The fraction of sp³-hybridized carbons (Fsp3) is 0.318. The highest BCUT2D eigenvalue weighted by atomic mass is 35.5. The molecule has 10 nitrogen and oxygen atoms in total. The fourth-order valence-electron chi connectivity index (χ4n) is 4.02. The maximum atomic E-state index is 11.0. The van der Waals surface area contributed by atoms with Gasteiger partial charge in [-0.1, -0.05) is 35.1 Å². The number of halogens is 1. The maximum absolute atomic E-state index is 11.0. The van der Waals surface area contributed by atoms with E-state index in [-0.39, 0.29) is 5.69 Å². The van der Waals surface area contributed by atoms with Crippen molar-refractivity contribution in [2.75, 3.05) is 45.3 Å². The lowest BCUT2D eigenvalue weighted by Gasteiger charge is -2.37. The van der Waals surface area contributed by atoms with Crippen molar-refractivity contribution in [1.82, 2.24) is 19.9 Å². The molecule has 0 bridgehead atoms. The molecule has 34 heavy (non-hydrogen) atoms. The molecular formula is C22H23ClN6O4S. The van der Waals surface area contributed by atoms with Crippen LogP contribution in [-0.2, 0) is 7.05 Å². The summed E-state index contributed by atoms with van der Waals surface area (Å²) in [6.45, 7) is 2.58. The lowest BCUT2D eigenvalue weighted by Crippen LogP contribution is -2.49. The van der Waals surface area contributed by atoms with Crippen LogP contribution in [0.5, 0.6) is 11.5 Å². The lowest BCUT2D eigenvalue weighted by molar-refractivity contribution is -0.384. The second-order valence-corrected chi connectivity index (χ2v) is 8.41. The van der Waals surface area contributed by atoms with Crippen LogP contribution in [0, 0.1) is 10.1 Å². The number of nitro benzene ring substituents is 1. The number of hydrogen-bond donors (Lipinski definition) is 0. The zero-order valence-electron chi connectivity index (χ0n) is 18.9. The smallest absolute Gasteiger partial charge is 0.271 e. The quantitative estimate of drug-likeness (QED) is 0.284. The molecule has 0 amide bonds. The van der Waals surface area contributed by atoms with Gasteiger partial charge < -0.3 is 19.3 Å². The molecular weight excluding hydrogens is 480 g/mol. The summed E-state index contributed by atoms with van der Waals surface area (Å²) in [5.41, 5.74) is 2.70. The van der Waals surface area contributed by atoms with Gasteiger partial charge in [-0.25, -0.2) is 4.68 Å². The average Bonchev–Trinajstić information content (AvgIpc) is 3.23. The van der Waals surface area contributed by atoms with Gasteiger partial charge in [-0.05, 0) is 18.2 Å². The number of benzene rings is 2. The number of methoxy groups -OCH3 is 2. The first-order chi connectivity index (χ1) is 16.3. The van der Waals surface area contributed by atoms with Crippen molar-refractivity contribution in [3.63, 3.8) is 0 Å². The summed E-state index contributed by atoms with van der Waals surface area (Å²) in [5, 5.41) is 19.9. The molecule has 1 fully saturated rings. The van der Waals surface area contributed by atoms with Crippen LogP contribution in [-0.4, -0.2) is 70.2 Å². The molecule has 1 aromatic heterocycles. The summed E-state index contributed by atoms with van der Waals surface area (Å²) in [6.07, 6.45) is 0. The van der Waals surface area contributed by atoms with Crippen molar-refractivity contribution >= 4 is 40.2 Å². The molecule has 1 aliphatic rings. The zero-order valence-corrected chi connectivity index (χ0v) is 20.5. The van der Waals surface area contributed by atoms with Crippen molar-refractivity contribution in [2.45, 2.75) is 0 Å². The van der Waals surface area contributed by atoms with Gasteiger partial charge in [0.25, 0.3) is 5.69 Å². The van der Waals surface area contributed by atoms with E-state index < -0.39 is 4.92 Å². The Bertz CT molecular complexity index is 1220. The molecule has 1 aliphatic heterocycles. The molecule has 0 spiro atoms. The number of thiocarbonyl (C=S) groups is 1. The Labute approximate surface area is 206 Å². The minimum atomic E-state index is -0.456. The lowest BCUT2D eigenvalue weighted by atomic mass is 10.1. The van der Waals surface area contributed by atoms with Crippen molar-refractivity contribution in [2.24, 2.45) is 7.05 Å². The number of nitrogens with zero attached hydrogens (tertiary/aromatic N) is 6. The highest BCUT2D eigenvalue weighted by molar-refractivity contribution is 7.80. The second kappa shape index (κ2) is 9.82. The molecule has 0 radical (unpaired) electrons. The SMILES string of the molecule is COc1cccc(OC)c1-c1nnn(C)c1C(=S)N1CCN(c2ccc([N+](=O)[O-])cc2Cl)CC1. The van der Waals surface area contributed by atoms with E-state index >= 15 is 0 Å². The molecule has 2 aromatic carbocycles. The van der Waals surface area contributed by atoms with Crippen LogP contribution in [0.1, 0.15) is 5.69 Å². The minimum absolute atomic E-state index is 0.0310. The Kier molecular flexibility index (Phi) is 6.85. The van der Waals surface area contributed by atoms with Crippen molar-refractivity contribution in [3.8, 4) is 22.8 Å². The van der Waals surface area contributed by atoms with Crippen LogP contribution in [0.15, 0.2) is 36.4 Å². The van der Waals surface area contributed by atoms with Crippen LogP contribution >= 0.6 is 23.8 Å². The molecule has 4 rings (SSSR count). The number of rotatable bonds is 6. The average molecular weight is 503 g/mol. The number of non-ortho nitro benzene ring substituents is 1. The molecule has 0 atom stereocenters. The molecule has 0 aliphatic carbocycles. The molecule has 0 saturated carbocycles. The first-order valence-electron chi connectivity index (χ1n) is 10.4. The summed E-state index contributed by atoms with van der Waals surface area (Å²) in [7, 11) is 4.98. The summed E-state index contributed by atoms with van der Waals surface area (Å²) in [6, 6.07) is 10.1. The van der Waals surface area contributed by atoms with Crippen LogP contribution in [0.4, 0.5) is 11.4 Å². The van der Waals surface area contributed by atoms with Crippen LogP contribution in [0.2, 0.25) is 5.02 Å². The molecule has 0 N–H and O–H groups in total. The van der Waals surface area contributed by atoms with E-state index in [0.717, 1.165) is 5.69 Å². The Balaban J connectivity index is 1.57. The summed E-state index contributed by atoms with van der Waals surface area (Å²) < 4.78 is 12.8. The van der Waals surface area contributed by atoms with Crippen LogP contribution in [0.3, 0.4) is 0 Å². The minimum Gasteiger partial charge on any atom is -0.496 e. The van der Waals surface area contributed by atoms with E-state index in [9.17, 15) is 10.1 Å². The van der Waals surface area contributed by atoms with Gasteiger partial charge in [-0.15, -0.1) is 5.10 Å². The normalized spacial score (nSPS) is 13.6. The number of piperazine rings is 1. The van der Waals surface area contributed by atoms with Crippen molar-refractivity contribution in [3.05, 3.63) is 57.2 Å². The molecule has 3 aromatic rings. The Hall–Kier alpha value is -3.44. The number of nitro groups is 1. The van der Waals surface area contributed by atoms with Gasteiger partial charge >= 0.3 is 0 Å². The zero-order chi connectivity index (χ0) is 24.4. The van der Waals surface area contributed by atoms with Gasteiger partial charge in [0.1, 0.15) is 27.9 Å². The Morgan fingerprint density at radius 1 is 1.12 bits per heavy atom. The van der Waals surface area contributed by atoms with Crippen LogP contribution < -0.4 is 14.4 Å². The first kappa shape index (κ1) is 23.7. The van der Waals surface area contributed by atoms with E-state index in [1.807, 2.05) is 18.2 Å². The highest BCUT2D eigenvalue weighted by Gasteiger charge is 2.28. The number of ether oxygens (including phenoxy) is 2. The van der Waals surface area contributed by atoms with Gasteiger partial charge in [0.2, 0.25) is 0 Å². The number of aryl methyl sites for hydroxylation is 1. The first-order valence-corrected chi connectivity index (χ1v) is 11.2. The van der Waals surface area contributed by atoms with E-state index in [0.29, 0.717) is 64.6 Å². The third-order valence-electron chi connectivity index (χ3n) is 5.74. The van der Waals surface area contributed by atoms with Gasteiger partial charge in [0.15, 0.2) is 0 Å². The predicted octanol–water partition coefficient (Wildman–Crippen LogP) is 3.56. The standard InChI is InChI=1S/C22H23ClN6O4S/c1-26-21(20(24-25-26)19-17(32-2)5-4-6-18(19)33-3)22(34)28-11-9-27(10-12-28)16-8-7-14(29(30)31)13-15(16)23/h4-8,13H,9-12H2,1-3H3. The largest absolute Gasteiger partial charge is 0.496 e. The summed E-state index contributed by atoms with van der Waals surface area (Å²) in [5.74, 6) is 1.23. The van der Waals surface area contributed by atoms with Crippen molar-refractivity contribution < 1.29 is 14.4 Å². The monoisotopic (exact) mass is 502 g/mol. The highest BCUT2D eigenvalue weighted by Crippen LogP contribution is 2.39. The molecule has 178 valence electrons. The molecule has 0 unspecified atom stereocenters. The molecule has 1 saturated heterocycles. The third kappa shape index (κ3) is 4.36. The summed E-state index contributed by atoms with van der Waals surface area (Å²) >= 11 is 12.2. The molecule has 12 heteroatoms. The van der Waals surface area contributed by atoms with Crippen molar-refractivity contribution in [1.29, 1.82) is 0 Å². The van der Waals surface area contributed by atoms with E-state index in [4.69, 9.17) is 33.3 Å².